The fraction of sp³-hybridized carbons (Fsp3) is 0.0400. The van der Waals surface area contributed by atoms with Crippen molar-refractivity contribution in [3.8, 4) is 0 Å². The van der Waals surface area contributed by atoms with Crippen LogP contribution in [0.1, 0.15) is 12.8 Å². The van der Waals surface area contributed by atoms with Crippen molar-refractivity contribution in [2.45, 2.75) is 12.8 Å². The molecule has 10 aromatic rings. The average Bonchev–Trinajstić information content (AvgIpc) is 3.72. The lowest BCUT2D eigenvalue weighted by atomic mass is 10.0. The highest BCUT2D eigenvalue weighted by Gasteiger charge is 2.20. The van der Waals surface area contributed by atoms with E-state index in [0.717, 1.165) is 29.9 Å². The minimum atomic E-state index is 1.05. The highest BCUT2D eigenvalue weighted by Crippen LogP contribution is 2.43. The second kappa shape index (κ2) is 11.9. The smallest absolute Gasteiger partial charge is 0.0620 e. The van der Waals surface area contributed by atoms with Gasteiger partial charge in [-0.2, -0.15) is 0 Å². The summed E-state index contributed by atoms with van der Waals surface area (Å²) in [6, 6.07) is 62.2. The van der Waals surface area contributed by atoms with Crippen LogP contribution in [0, 0.1) is 0 Å². The summed E-state index contributed by atoms with van der Waals surface area (Å²) in [5, 5.41) is 10.1. The Morgan fingerprint density at radius 3 is 1.40 bits per heavy atom. The van der Waals surface area contributed by atoms with Crippen LogP contribution in [-0.2, 0) is 0 Å². The standard InChI is InChI=1S/C50H35N3/c1-5-14-38(15-6-1)51(39-16-7-2-8-17-39)42-26-24-34-30-46-44-22-13-23-45-47-31-35-25-27-43(52(40-18-9-3-10-19-40)41-20-11-4-12-21-41)29-37(35)33-49(47)53(50(44)45)48(46)32-36(34)28-42/h1-3,5-11,13-33H,4,12H2. The minimum absolute atomic E-state index is 1.05. The van der Waals surface area contributed by atoms with Crippen LogP contribution in [0.4, 0.5) is 28.4 Å². The van der Waals surface area contributed by atoms with Gasteiger partial charge in [0.25, 0.3) is 0 Å². The molecule has 0 saturated heterocycles. The van der Waals surface area contributed by atoms with Crippen LogP contribution in [0.2, 0.25) is 0 Å². The summed E-state index contributed by atoms with van der Waals surface area (Å²) in [7, 11) is 0. The van der Waals surface area contributed by atoms with Gasteiger partial charge in [0.05, 0.1) is 16.6 Å². The van der Waals surface area contributed by atoms with Crippen molar-refractivity contribution >= 4 is 88.1 Å². The number of fused-ring (bicyclic) bond motifs is 8. The van der Waals surface area contributed by atoms with Gasteiger partial charge in [0.2, 0.25) is 0 Å². The molecular formula is C50H35N3. The van der Waals surface area contributed by atoms with Gasteiger partial charge in [-0.3, -0.25) is 0 Å². The van der Waals surface area contributed by atoms with Gasteiger partial charge in [-0.25, -0.2) is 0 Å². The summed E-state index contributed by atoms with van der Waals surface area (Å²) in [6.07, 6.45) is 9.04. The van der Waals surface area contributed by atoms with Gasteiger partial charge in [0, 0.05) is 55.7 Å². The molecule has 2 heterocycles. The fourth-order valence-electron chi connectivity index (χ4n) is 8.61. The maximum atomic E-state index is 2.51. The lowest BCUT2D eigenvalue weighted by Gasteiger charge is -2.28. The third-order valence-electron chi connectivity index (χ3n) is 11.0. The van der Waals surface area contributed by atoms with Gasteiger partial charge in [0.1, 0.15) is 0 Å². The zero-order chi connectivity index (χ0) is 34.9. The van der Waals surface area contributed by atoms with Crippen molar-refractivity contribution in [2.24, 2.45) is 0 Å². The molecule has 1 aliphatic carbocycles. The molecule has 3 nitrogen and oxygen atoms in total. The maximum absolute atomic E-state index is 2.51. The van der Waals surface area contributed by atoms with Crippen molar-refractivity contribution in [3.63, 3.8) is 0 Å². The Balaban J connectivity index is 1.13. The normalized spacial score (nSPS) is 13.2. The van der Waals surface area contributed by atoms with E-state index < -0.39 is 0 Å². The molecule has 8 aromatic carbocycles. The molecule has 0 aliphatic heterocycles. The van der Waals surface area contributed by atoms with Crippen LogP contribution in [0.15, 0.2) is 194 Å². The van der Waals surface area contributed by atoms with Crippen molar-refractivity contribution in [1.82, 2.24) is 4.40 Å². The third-order valence-corrected chi connectivity index (χ3v) is 11.0. The second-order valence-electron chi connectivity index (χ2n) is 14.1. The molecule has 0 bridgehead atoms. The summed E-state index contributed by atoms with van der Waals surface area (Å²) in [5.41, 5.74) is 10.7. The van der Waals surface area contributed by atoms with Gasteiger partial charge in [0.15, 0.2) is 0 Å². The average molecular weight is 678 g/mol. The molecule has 0 spiro atoms. The Morgan fingerprint density at radius 1 is 0.377 bits per heavy atom. The Labute approximate surface area is 307 Å². The first kappa shape index (κ1) is 29.8. The number of allylic oxidation sites excluding steroid dienone is 3. The van der Waals surface area contributed by atoms with Gasteiger partial charge >= 0.3 is 0 Å². The van der Waals surface area contributed by atoms with Gasteiger partial charge in [-0.05, 0) is 125 Å². The number of aromatic nitrogens is 1. The van der Waals surface area contributed by atoms with E-state index in [1.807, 2.05) is 0 Å². The highest BCUT2D eigenvalue weighted by atomic mass is 15.1. The number of nitrogens with zero attached hydrogens (tertiary/aromatic N) is 3. The highest BCUT2D eigenvalue weighted by molar-refractivity contribution is 6.26. The van der Waals surface area contributed by atoms with Crippen LogP contribution in [0.25, 0.3) is 59.6 Å². The van der Waals surface area contributed by atoms with E-state index in [-0.39, 0.29) is 0 Å². The first-order valence-corrected chi connectivity index (χ1v) is 18.5. The van der Waals surface area contributed by atoms with E-state index >= 15 is 0 Å². The van der Waals surface area contributed by atoms with Crippen molar-refractivity contribution in [2.75, 3.05) is 9.80 Å². The Hall–Kier alpha value is -6.84. The van der Waals surface area contributed by atoms with E-state index in [4.69, 9.17) is 0 Å². The summed E-state index contributed by atoms with van der Waals surface area (Å²) >= 11 is 0. The zero-order valence-corrected chi connectivity index (χ0v) is 29.2. The third kappa shape index (κ3) is 4.74. The largest absolute Gasteiger partial charge is 0.311 e. The van der Waals surface area contributed by atoms with E-state index in [0.29, 0.717) is 0 Å². The fourth-order valence-corrected chi connectivity index (χ4v) is 8.61. The molecule has 2 aromatic heterocycles. The molecule has 0 saturated carbocycles. The quantitative estimate of drug-likeness (QED) is 0.173. The van der Waals surface area contributed by atoms with Crippen LogP contribution in [-0.4, -0.2) is 4.40 Å². The van der Waals surface area contributed by atoms with E-state index in [2.05, 4.69) is 202 Å². The van der Waals surface area contributed by atoms with E-state index in [1.165, 1.54) is 76.7 Å². The molecule has 0 N–H and O–H groups in total. The minimum Gasteiger partial charge on any atom is -0.311 e. The predicted molar refractivity (Wildman–Crippen MR) is 226 cm³/mol. The SMILES string of the molecule is C1=CC(N(c2ccccc2)c2ccc3cc4c5cccc6c7cc8ccc(N(c9ccccc9)c9ccccc9)cc8cc7n(c4cc3c2)c56)=CCC1. The summed E-state index contributed by atoms with van der Waals surface area (Å²) in [6.45, 7) is 0. The Bertz CT molecular complexity index is 3010. The number of benzene rings is 8. The molecule has 1 aliphatic rings. The summed E-state index contributed by atoms with van der Waals surface area (Å²) in [5.74, 6) is 0. The second-order valence-corrected chi connectivity index (χ2v) is 14.1. The molecule has 3 heteroatoms. The molecule has 0 radical (unpaired) electrons. The molecule has 0 unspecified atom stereocenters. The monoisotopic (exact) mass is 677 g/mol. The van der Waals surface area contributed by atoms with Gasteiger partial charge in [-0.15, -0.1) is 0 Å². The number of hydrogen-bond acceptors (Lipinski definition) is 2. The van der Waals surface area contributed by atoms with Crippen molar-refractivity contribution in [3.05, 3.63) is 194 Å². The molecule has 250 valence electrons. The lowest BCUT2D eigenvalue weighted by Crippen LogP contribution is -2.16. The molecular weight excluding hydrogens is 643 g/mol. The number of hydrogen-bond donors (Lipinski definition) is 0. The number of rotatable bonds is 6. The molecule has 0 atom stereocenters. The number of para-hydroxylation sites is 4. The topological polar surface area (TPSA) is 10.9 Å². The molecule has 53 heavy (non-hydrogen) atoms. The lowest BCUT2D eigenvalue weighted by molar-refractivity contribution is 0.997. The van der Waals surface area contributed by atoms with Crippen molar-refractivity contribution < 1.29 is 0 Å². The van der Waals surface area contributed by atoms with E-state index in [1.54, 1.807) is 0 Å². The Kier molecular flexibility index (Phi) is 6.68. The zero-order valence-electron chi connectivity index (χ0n) is 29.2. The van der Waals surface area contributed by atoms with E-state index in [9.17, 15) is 0 Å². The van der Waals surface area contributed by atoms with Crippen LogP contribution in [0.3, 0.4) is 0 Å². The maximum Gasteiger partial charge on any atom is 0.0620 e. The van der Waals surface area contributed by atoms with Gasteiger partial charge in [-0.1, -0.05) is 97.1 Å². The van der Waals surface area contributed by atoms with Crippen LogP contribution >= 0.6 is 0 Å². The molecule has 0 amide bonds. The van der Waals surface area contributed by atoms with Crippen LogP contribution in [0.5, 0.6) is 0 Å². The first-order chi connectivity index (χ1) is 26.3. The predicted octanol–water partition coefficient (Wildman–Crippen LogP) is 14.0. The Morgan fingerprint density at radius 2 is 0.887 bits per heavy atom. The first-order valence-electron chi connectivity index (χ1n) is 18.5. The molecule has 0 fully saturated rings. The van der Waals surface area contributed by atoms with Crippen molar-refractivity contribution in [1.29, 1.82) is 0 Å². The summed E-state index contributed by atoms with van der Waals surface area (Å²) in [4.78, 5) is 4.73. The molecule has 11 rings (SSSR count). The number of anilines is 5. The van der Waals surface area contributed by atoms with Gasteiger partial charge < -0.3 is 14.2 Å². The van der Waals surface area contributed by atoms with Crippen LogP contribution < -0.4 is 9.80 Å². The summed E-state index contributed by atoms with van der Waals surface area (Å²) < 4.78 is 2.51.